The molecule has 1 fully saturated rings. The maximum atomic E-state index is 13.6. The van der Waals surface area contributed by atoms with Crippen LogP contribution in [-0.2, 0) is 22.6 Å². The Morgan fingerprint density at radius 3 is 2.88 bits per heavy atom. The molecule has 2 aromatic rings. The number of carbonyl (C=O) groups excluding carboxylic acids is 1. The Labute approximate surface area is 146 Å². The molecule has 0 radical (unpaired) electrons. The highest BCUT2D eigenvalue weighted by Gasteiger charge is 2.29. The molecule has 1 aromatic carbocycles. The predicted molar refractivity (Wildman–Crippen MR) is 88.3 cm³/mol. The second-order valence-corrected chi connectivity index (χ2v) is 6.42. The molecule has 1 aliphatic heterocycles. The molecular formula is C18H22FN3O3. The fourth-order valence-corrected chi connectivity index (χ4v) is 2.71. The van der Waals surface area contributed by atoms with Crippen LogP contribution in [0.3, 0.4) is 0 Å². The first-order chi connectivity index (χ1) is 12.0. The van der Waals surface area contributed by atoms with Gasteiger partial charge in [-0.3, -0.25) is 4.79 Å². The number of nitrogens with zero attached hydrogens (tertiary/aromatic N) is 3. The maximum absolute atomic E-state index is 13.6. The van der Waals surface area contributed by atoms with Crippen molar-refractivity contribution in [2.24, 2.45) is 0 Å². The van der Waals surface area contributed by atoms with Gasteiger partial charge in [-0.25, -0.2) is 4.39 Å². The van der Waals surface area contributed by atoms with Gasteiger partial charge < -0.3 is 14.1 Å². The summed E-state index contributed by atoms with van der Waals surface area (Å²) in [5.41, 5.74) is 0.692. The lowest BCUT2D eigenvalue weighted by Gasteiger charge is -2.37. The van der Waals surface area contributed by atoms with Gasteiger partial charge in [-0.2, -0.15) is 0 Å². The van der Waals surface area contributed by atoms with Crippen LogP contribution in [0, 0.1) is 5.82 Å². The van der Waals surface area contributed by atoms with Crippen molar-refractivity contribution in [2.75, 3.05) is 13.1 Å². The van der Waals surface area contributed by atoms with Crippen LogP contribution in [0.25, 0.3) is 0 Å². The number of rotatable bonds is 7. The molecule has 134 valence electrons. The highest BCUT2D eigenvalue weighted by atomic mass is 19.1. The van der Waals surface area contributed by atoms with Gasteiger partial charge in [-0.15, -0.1) is 10.2 Å². The number of ether oxygens (including phenoxy) is 1. The van der Waals surface area contributed by atoms with E-state index < -0.39 is 0 Å². The van der Waals surface area contributed by atoms with E-state index in [1.807, 2.05) is 13.0 Å². The van der Waals surface area contributed by atoms with Crippen molar-refractivity contribution in [1.29, 1.82) is 0 Å². The van der Waals surface area contributed by atoms with E-state index in [9.17, 15) is 9.18 Å². The van der Waals surface area contributed by atoms with E-state index in [4.69, 9.17) is 9.15 Å². The molecule has 1 aliphatic rings. The summed E-state index contributed by atoms with van der Waals surface area (Å²) < 4.78 is 24.9. The van der Waals surface area contributed by atoms with E-state index in [1.165, 1.54) is 6.07 Å². The van der Waals surface area contributed by atoms with Crippen LogP contribution in [0.4, 0.5) is 4.39 Å². The topological polar surface area (TPSA) is 68.5 Å². The van der Waals surface area contributed by atoms with Gasteiger partial charge in [0.25, 0.3) is 0 Å². The zero-order chi connectivity index (χ0) is 17.8. The second-order valence-electron chi connectivity index (χ2n) is 6.42. The van der Waals surface area contributed by atoms with E-state index in [2.05, 4.69) is 10.2 Å². The Kier molecular flexibility index (Phi) is 5.43. The van der Waals surface area contributed by atoms with E-state index >= 15 is 0 Å². The van der Waals surface area contributed by atoms with Gasteiger partial charge in [0.2, 0.25) is 17.7 Å². The Morgan fingerprint density at radius 1 is 1.40 bits per heavy atom. The number of aryl methyl sites for hydroxylation is 1. The maximum Gasteiger partial charge on any atom is 0.242 e. The van der Waals surface area contributed by atoms with E-state index in [0.717, 1.165) is 6.42 Å². The standard InChI is InChI=1S/C18H22FN3O3/c1-12(7-8-14-5-3-4-6-16(14)19)18-21-20-17(25-18)11-24-15-9-22(10-15)13(2)23/h3-6,12,15H,7-11H2,1-2H3. The van der Waals surface area contributed by atoms with Gasteiger partial charge in [-0.1, -0.05) is 25.1 Å². The van der Waals surface area contributed by atoms with Crippen molar-refractivity contribution >= 4 is 5.91 Å². The molecule has 7 heteroatoms. The first-order valence-corrected chi connectivity index (χ1v) is 8.45. The second kappa shape index (κ2) is 7.74. The van der Waals surface area contributed by atoms with Crippen molar-refractivity contribution in [2.45, 2.75) is 45.3 Å². The molecule has 3 rings (SSSR count). The molecule has 25 heavy (non-hydrogen) atoms. The molecule has 1 saturated heterocycles. The van der Waals surface area contributed by atoms with Crippen molar-refractivity contribution in [3.05, 3.63) is 47.4 Å². The number of carbonyl (C=O) groups is 1. The van der Waals surface area contributed by atoms with Crippen molar-refractivity contribution < 1.29 is 18.3 Å². The highest BCUT2D eigenvalue weighted by molar-refractivity contribution is 5.74. The smallest absolute Gasteiger partial charge is 0.242 e. The zero-order valence-electron chi connectivity index (χ0n) is 14.4. The van der Waals surface area contributed by atoms with Gasteiger partial charge in [0.1, 0.15) is 12.4 Å². The van der Waals surface area contributed by atoms with Gasteiger partial charge in [-0.05, 0) is 24.5 Å². The van der Waals surface area contributed by atoms with E-state index in [1.54, 1.807) is 24.0 Å². The van der Waals surface area contributed by atoms with Crippen LogP contribution in [0.15, 0.2) is 28.7 Å². The molecule has 1 aromatic heterocycles. The lowest BCUT2D eigenvalue weighted by Crippen LogP contribution is -2.53. The number of hydrogen-bond acceptors (Lipinski definition) is 5. The first kappa shape index (κ1) is 17.5. The van der Waals surface area contributed by atoms with Crippen LogP contribution in [0.1, 0.15) is 43.5 Å². The Balaban J connectivity index is 1.44. The van der Waals surface area contributed by atoms with Crippen molar-refractivity contribution in [3.8, 4) is 0 Å². The summed E-state index contributed by atoms with van der Waals surface area (Å²) in [6.45, 7) is 4.98. The summed E-state index contributed by atoms with van der Waals surface area (Å²) >= 11 is 0. The number of likely N-dealkylation sites (tertiary alicyclic amines) is 1. The molecule has 0 aliphatic carbocycles. The molecule has 1 amide bonds. The quantitative estimate of drug-likeness (QED) is 0.770. The molecule has 0 N–H and O–H groups in total. The molecule has 0 saturated carbocycles. The molecule has 1 unspecified atom stereocenters. The summed E-state index contributed by atoms with van der Waals surface area (Å²) in [4.78, 5) is 12.8. The number of benzene rings is 1. The van der Waals surface area contributed by atoms with Gasteiger partial charge in [0.15, 0.2) is 0 Å². The minimum Gasteiger partial charge on any atom is -0.422 e. The molecule has 0 spiro atoms. The third-order valence-corrected chi connectivity index (χ3v) is 4.44. The highest BCUT2D eigenvalue weighted by Crippen LogP contribution is 2.22. The third kappa shape index (κ3) is 4.42. The molecule has 1 atom stereocenters. The number of hydrogen-bond donors (Lipinski definition) is 0. The van der Waals surface area contributed by atoms with E-state index in [0.29, 0.717) is 36.9 Å². The number of halogens is 1. The minimum absolute atomic E-state index is 0.0257. The largest absolute Gasteiger partial charge is 0.422 e. The summed E-state index contributed by atoms with van der Waals surface area (Å²) in [6.07, 6.45) is 1.36. The molecule has 6 nitrogen and oxygen atoms in total. The zero-order valence-corrected chi connectivity index (χ0v) is 14.4. The molecular weight excluding hydrogens is 325 g/mol. The van der Waals surface area contributed by atoms with Crippen LogP contribution in [-0.4, -0.2) is 40.2 Å². The summed E-state index contributed by atoms with van der Waals surface area (Å²) in [5, 5.41) is 8.06. The summed E-state index contributed by atoms with van der Waals surface area (Å²) in [5.74, 6) is 0.874. The average Bonchev–Trinajstić information content (AvgIpc) is 3.01. The van der Waals surface area contributed by atoms with Gasteiger partial charge >= 0.3 is 0 Å². The van der Waals surface area contributed by atoms with Crippen LogP contribution in [0.5, 0.6) is 0 Å². The Bertz CT molecular complexity index is 728. The normalized spacial score (nSPS) is 15.9. The van der Waals surface area contributed by atoms with Crippen molar-refractivity contribution in [1.82, 2.24) is 15.1 Å². The molecule has 0 bridgehead atoms. The lowest BCUT2D eigenvalue weighted by molar-refractivity contribution is -0.143. The van der Waals surface area contributed by atoms with Crippen LogP contribution < -0.4 is 0 Å². The fraction of sp³-hybridized carbons (Fsp3) is 0.500. The number of aromatic nitrogens is 2. The SMILES string of the molecule is CC(=O)N1CC(OCc2nnc(C(C)CCc3ccccc3F)o2)C1. The molecule has 2 heterocycles. The van der Waals surface area contributed by atoms with E-state index in [-0.39, 0.29) is 30.4 Å². The lowest BCUT2D eigenvalue weighted by atomic mass is 10.0. The van der Waals surface area contributed by atoms with Gasteiger partial charge in [0.05, 0.1) is 6.10 Å². The Hall–Kier alpha value is -2.28. The minimum atomic E-state index is -0.186. The summed E-state index contributed by atoms with van der Waals surface area (Å²) in [7, 11) is 0. The van der Waals surface area contributed by atoms with Crippen LogP contribution in [0.2, 0.25) is 0 Å². The summed E-state index contributed by atoms with van der Waals surface area (Å²) in [6, 6.07) is 6.77. The average molecular weight is 347 g/mol. The van der Waals surface area contributed by atoms with Gasteiger partial charge in [0, 0.05) is 25.9 Å². The Morgan fingerprint density at radius 2 is 2.16 bits per heavy atom. The fourth-order valence-electron chi connectivity index (χ4n) is 2.71. The predicted octanol–water partition coefficient (Wildman–Crippen LogP) is 2.69. The number of amides is 1. The van der Waals surface area contributed by atoms with Crippen molar-refractivity contribution in [3.63, 3.8) is 0 Å². The first-order valence-electron chi connectivity index (χ1n) is 8.45. The monoisotopic (exact) mass is 347 g/mol. The third-order valence-electron chi connectivity index (χ3n) is 4.44. The van der Waals surface area contributed by atoms with Crippen LogP contribution >= 0.6 is 0 Å².